The molecule has 0 saturated carbocycles. The van der Waals surface area contributed by atoms with E-state index in [0.29, 0.717) is 50.0 Å². The third-order valence-electron chi connectivity index (χ3n) is 5.90. The summed E-state index contributed by atoms with van der Waals surface area (Å²) in [7, 11) is 0. The number of aryl methyl sites for hydroxylation is 1. The van der Waals surface area contributed by atoms with Crippen LogP contribution in [0.15, 0.2) is 24.3 Å². The van der Waals surface area contributed by atoms with Crippen LogP contribution in [0.5, 0.6) is 11.6 Å². The van der Waals surface area contributed by atoms with E-state index in [4.69, 9.17) is 21.1 Å². The highest BCUT2D eigenvalue weighted by atomic mass is 35.5. The van der Waals surface area contributed by atoms with Crippen LogP contribution in [0.2, 0.25) is 5.02 Å². The average Bonchev–Trinajstić information content (AvgIpc) is 3.30. The first kappa shape index (κ1) is 20.5. The SMILES string of the molecule is O=C(NC1COc2ccc(Cl)cc2C1)c1cc2n(n1)CCC(CN1CCC(F)(F)C1)O2. The quantitative estimate of drug-likeness (QED) is 0.772. The maximum atomic E-state index is 13.4. The molecule has 1 amide bonds. The number of nitrogens with zero attached hydrogens (tertiary/aromatic N) is 3. The van der Waals surface area contributed by atoms with E-state index in [-0.39, 0.29) is 36.7 Å². The molecule has 1 aromatic heterocycles. The van der Waals surface area contributed by atoms with Crippen LogP contribution in [-0.2, 0) is 13.0 Å². The number of hydrogen-bond acceptors (Lipinski definition) is 5. The summed E-state index contributed by atoms with van der Waals surface area (Å²) < 4.78 is 40.1. The number of nitrogens with one attached hydrogen (secondary N) is 1. The second-order valence-electron chi connectivity index (χ2n) is 8.40. The van der Waals surface area contributed by atoms with Crippen LogP contribution >= 0.6 is 11.6 Å². The zero-order chi connectivity index (χ0) is 21.6. The van der Waals surface area contributed by atoms with Crippen molar-refractivity contribution in [2.45, 2.75) is 43.9 Å². The second-order valence-corrected chi connectivity index (χ2v) is 8.83. The van der Waals surface area contributed by atoms with Gasteiger partial charge in [0.25, 0.3) is 11.8 Å². The van der Waals surface area contributed by atoms with E-state index in [9.17, 15) is 13.6 Å². The summed E-state index contributed by atoms with van der Waals surface area (Å²) >= 11 is 6.05. The molecular weight excluding hydrogens is 430 g/mol. The fourth-order valence-corrected chi connectivity index (χ4v) is 4.55. The van der Waals surface area contributed by atoms with E-state index in [2.05, 4.69) is 10.4 Å². The summed E-state index contributed by atoms with van der Waals surface area (Å²) in [6, 6.07) is 6.86. The molecule has 1 fully saturated rings. The summed E-state index contributed by atoms with van der Waals surface area (Å²) in [6.45, 7) is 1.54. The zero-order valence-corrected chi connectivity index (χ0v) is 17.6. The number of carbonyl (C=O) groups is 1. The summed E-state index contributed by atoms with van der Waals surface area (Å²) in [5, 5.41) is 7.93. The maximum absolute atomic E-state index is 13.4. The lowest BCUT2D eigenvalue weighted by Crippen LogP contribution is -2.42. The molecule has 0 bridgehead atoms. The molecule has 3 aliphatic heterocycles. The molecular formula is C21H23ClF2N4O3. The average molecular weight is 453 g/mol. The number of amides is 1. The van der Waals surface area contributed by atoms with Gasteiger partial charge in [-0.05, 0) is 30.2 Å². The predicted octanol–water partition coefficient (Wildman–Crippen LogP) is 2.76. The number of carbonyl (C=O) groups excluding carboxylic acids is 1. The van der Waals surface area contributed by atoms with Crippen molar-refractivity contribution in [1.82, 2.24) is 20.0 Å². The van der Waals surface area contributed by atoms with E-state index in [1.807, 2.05) is 12.1 Å². The molecule has 0 spiro atoms. The molecule has 10 heteroatoms. The van der Waals surface area contributed by atoms with E-state index >= 15 is 0 Å². The first-order valence-electron chi connectivity index (χ1n) is 10.4. The molecule has 166 valence electrons. The molecule has 4 heterocycles. The number of rotatable bonds is 4. The van der Waals surface area contributed by atoms with Gasteiger partial charge in [0.15, 0.2) is 5.69 Å². The standard InChI is InChI=1S/C21H23ClF2N4O3/c22-14-1-2-18-13(7-14)8-15(11-30-18)25-20(29)17-9-19-28(26-17)5-3-16(31-19)10-27-6-4-21(23,24)12-27/h1-2,7,9,15-16H,3-6,8,10-12H2,(H,25,29). The Morgan fingerprint density at radius 3 is 3.00 bits per heavy atom. The highest BCUT2D eigenvalue weighted by Crippen LogP contribution is 2.30. The largest absolute Gasteiger partial charge is 0.491 e. The maximum Gasteiger partial charge on any atom is 0.272 e. The van der Waals surface area contributed by atoms with Crippen LogP contribution in [0.4, 0.5) is 8.78 Å². The zero-order valence-electron chi connectivity index (χ0n) is 16.8. The van der Waals surface area contributed by atoms with Crippen LogP contribution in [0.1, 0.15) is 28.9 Å². The van der Waals surface area contributed by atoms with Gasteiger partial charge in [-0.1, -0.05) is 11.6 Å². The molecule has 0 aliphatic carbocycles. The summed E-state index contributed by atoms with van der Waals surface area (Å²) in [5.74, 6) is -1.65. The van der Waals surface area contributed by atoms with Crippen LogP contribution in [0.25, 0.3) is 0 Å². The molecule has 3 aliphatic rings. The summed E-state index contributed by atoms with van der Waals surface area (Å²) in [6.07, 6.45) is 0.978. The Bertz CT molecular complexity index is 999. The van der Waals surface area contributed by atoms with Crippen molar-refractivity contribution in [1.29, 1.82) is 0 Å². The van der Waals surface area contributed by atoms with Crippen LogP contribution in [0, 0.1) is 0 Å². The minimum absolute atomic E-state index is 0.108. The third kappa shape index (κ3) is 4.48. The van der Waals surface area contributed by atoms with Gasteiger partial charge in [-0.3, -0.25) is 9.69 Å². The minimum atomic E-state index is -2.61. The highest BCUT2D eigenvalue weighted by molar-refractivity contribution is 6.30. The summed E-state index contributed by atoms with van der Waals surface area (Å²) in [5.41, 5.74) is 1.21. The van der Waals surface area contributed by atoms with Gasteiger partial charge >= 0.3 is 0 Å². The number of fused-ring (bicyclic) bond motifs is 2. The van der Waals surface area contributed by atoms with Gasteiger partial charge in [0.1, 0.15) is 18.5 Å². The van der Waals surface area contributed by atoms with E-state index in [0.717, 1.165) is 11.3 Å². The third-order valence-corrected chi connectivity index (χ3v) is 6.14. The van der Waals surface area contributed by atoms with E-state index in [1.54, 1.807) is 21.7 Å². The number of likely N-dealkylation sites (tertiary alicyclic amines) is 1. The number of aromatic nitrogens is 2. The summed E-state index contributed by atoms with van der Waals surface area (Å²) in [4.78, 5) is 14.5. The lowest BCUT2D eigenvalue weighted by atomic mass is 10.0. The molecule has 1 N–H and O–H groups in total. The molecule has 1 saturated heterocycles. The number of hydrogen-bond donors (Lipinski definition) is 1. The van der Waals surface area contributed by atoms with Gasteiger partial charge in [-0.25, -0.2) is 13.5 Å². The molecule has 2 aromatic rings. The van der Waals surface area contributed by atoms with Crippen LogP contribution < -0.4 is 14.8 Å². The first-order valence-corrected chi connectivity index (χ1v) is 10.8. The first-order chi connectivity index (χ1) is 14.8. The smallest absolute Gasteiger partial charge is 0.272 e. The lowest BCUT2D eigenvalue weighted by Gasteiger charge is -2.28. The van der Waals surface area contributed by atoms with E-state index < -0.39 is 5.92 Å². The van der Waals surface area contributed by atoms with E-state index in [1.165, 1.54) is 0 Å². The van der Waals surface area contributed by atoms with Crippen molar-refractivity contribution in [2.75, 3.05) is 26.2 Å². The Balaban J connectivity index is 1.19. The van der Waals surface area contributed by atoms with Gasteiger partial charge in [-0.2, -0.15) is 5.10 Å². The molecule has 2 atom stereocenters. The van der Waals surface area contributed by atoms with Gasteiger partial charge in [-0.15, -0.1) is 0 Å². The van der Waals surface area contributed by atoms with Crippen molar-refractivity contribution in [2.24, 2.45) is 0 Å². The normalized spacial score (nSPS) is 24.6. The molecule has 5 rings (SSSR count). The number of halogens is 3. The fourth-order valence-electron chi connectivity index (χ4n) is 4.36. The fraction of sp³-hybridized carbons (Fsp3) is 0.524. The Morgan fingerprint density at radius 1 is 1.32 bits per heavy atom. The number of benzene rings is 1. The molecule has 0 radical (unpaired) electrons. The Morgan fingerprint density at radius 2 is 2.19 bits per heavy atom. The van der Waals surface area contributed by atoms with Gasteiger partial charge < -0.3 is 14.8 Å². The van der Waals surface area contributed by atoms with Gasteiger partial charge in [0.05, 0.1) is 12.6 Å². The van der Waals surface area contributed by atoms with Crippen molar-refractivity contribution in [3.05, 3.63) is 40.5 Å². The van der Waals surface area contributed by atoms with Crippen molar-refractivity contribution >= 4 is 17.5 Å². The van der Waals surface area contributed by atoms with Crippen molar-refractivity contribution in [3.63, 3.8) is 0 Å². The molecule has 31 heavy (non-hydrogen) atoms. The Labute approximate surface area is 183 Å². The predicted molar refractivity (Wildman–Crippen MR) is 109 cm³/mol. The monoisotopic (exact) mass is 452 g/mol. The second kappa shape index (κ2) is 7.94. The lowest BCUT2D eigenvalue weighted by molar-refractivity contribution is 0.00653. The number of alkyl halides is 2. The van der Waals surface area contributed by atoms with Gasteiger partial charge in [0.2, 0.25) is 5.88 Å². The molecule has 7 nitrogen and oxygen atoms in total. The van der Waals surface area contributed by atoms with Crippen LogP contribution in [-0.4, -0.2) is 64.9 Å². The Hall–Kier alpha value is -2.39. The minimum Gasteiger partial charge on any atom is -0.491 e. The number of ether oxygens (including phenoxy) is 2. The van der Waals surface area contributed by atoms with Crippen molar-refractivity contribution in [3.8, 4) is 11.6 Å². The highest BCUT2D eigenvalue weighted by Gasteiger charge is 2.39. The van der Waals surface area contributed by atoms with Crippen molar-refractivity contribution < 1.29 is 23.0 Å². The molecule has 2 unspecified atom stereocenters. The molecule has 1 aromatic carbocycles. The van der Waals surface area contributed by atoms with Crippen LogP contribution in [0.3, 0.4) is 0 Å². The topological polar surface area (TPSA) is 68.6 Å². The Kier molecular flexibility index (Phi) is 5.26. The van der Waals surface area contributed by atoms with Gasteiger partial charge in [0, 0.05) is 43.6 Å².